The van der Waals surface area contributed by atoms with Crippen LogP contribution < -0.4 is 15.5 Å². The molecule has 1 aliphatic rings. The van der Waals surface area contributed by atoms with Gasteiger partial charge in [-0.05, 0) is 35.6 Å². The van der Waals surface area contributed by atoms with Gasteiger partial charge in [0.25, 0.3) is 5.91 Å². The standard InChI is InChI=1S/C18H28FN3O/c1-18(2,3)15-11-14(17(23)21-6-4-5-19)12-16(13-15)22-9-7-20-8-10-22/h11-13,20H,4-10H2,1-3H3,(H,21,23). The summed E-state index contributed by atoms with van der Waals surface area (Å²) in [4.78, 5) is 14.7. The van der Waals surface area contributed by atoms with Crippen molar-refractivity contribution in [2.45, 2.75) is 32.6 Å². The zero-order chi connectivity index (χ0) is 16.9. The maximum atomic E-state index is 12.4. The first kappa shape index (κ1) is 17.7. The Morgan fingerprint density at radius 1 is 1.26 bits per heavy atom. The van der Waals surface area contributed by atoms with Crippen molar-refractivity contribution in [3.05, 3.63) is 29.3 Å². The quantitative estimate of drug-likeness (QED) is 0.819. The van der Waals surface area contributed by atoms with Crippen molar-refractivity contribution in [2.75, 3.05) is 44.3 Å². The molecule has 0 atom stereocenters. The Balaban J connectivity index is 2.27. The molecule has 4 nitrogen and oxygen atoms in total. The number of hydrogen-bond donors (Lipinski definition) is 2. The fourth-order valence-electron chi connectivity index (χ4n) is 2.65. The normalized spacial score (nSPS) is 15.6. The van der Waals surface area contributed by atoms with Crippen LogP contribution >= 0.6 is 0 Å². The fraction of sp³-hybridized carbons (Fsp3) is 0.611. The molecule has 0 saturated carbocycles. The predicted octanol–water partition coefficient (Wildman–Crippen LogP) is 2.48. The van der Waals surface area contributed by atoms with Crippen LogP contribution in [0.5, 0.6) is 0 Å². The number of piperazine rings is 1. The highest BCUT2D eigenvalue weighted by Crippen LogP contribution is 2.28. The molecule has 0 spiro atoms. The molecule has 0 aliphatic carbocycles. The molecule has 1 fully saturated rings. The highest BCUT2D eigenvalue weighted by Gasteiger charge is 2.20. The number of alkyl halides is 1. The van der Waals surface area contributed by atoms with Gasteiger partial charge in [0.1, 0.15) is 0 Å². The molecule has 1 aliphatic heterocycles. The minimum absolute atomic E-state index is 0.0297. The van der Waals surface area contributed by atoms with Crippen molar-refractivity contribution in [1.82, 2.24) is 10.6 Å². The predicted molar refractivity (Wildman–Crippen MR) is 93.1 cm³/mol. The number of amides is 1. The zero-order valence-corrected chi connectivity index (χ0v) is 14.4. The Hall–Kier alpha value is -1.62. The van der Waals surface area contributed by atoms with Gasteiger partial charge in [0.15, 0.2) is 0 Å². The van der Waals surface area contributed by atoms with Gasteiger partial charge in [-0.15, -0.1) is 0 Å². The lowest BCUT2D eigenvalue weighted by molar-refractivity contribution is 0.0952. The van der Waals surface area contributed by atoms with Crippen molar-refractivity contribution >= 4 is 11.6 Å². The molecular weight excluding hydrogens is 293 g/mol. The molecule has 128 valence electrons. The van der Waals surface area contributed by atoms with Crippen LogP contribution in [0.15, 0.2) is 18.2 Å². The summed E-state index contributed by atoms with van der Waals surface area (Å²) in [5.74, 6) is -0.124. The van der Waals surface area contributed by atoms with Crippen LogP contribution in [-0.4, -0.2) is 45.3 Å². The maximum Gasteiger partial charge on any atom is 0.251 e. The smallest absolute Gasteiger partial charge is 0.251 e. The number of halogens is 1. The first-order valence-corrected chi connectivity index (χ1v) is 8.37. The third kappa shape index (κ3) is 4.93. The third-order valence-corrected chi connectivity index (χ3v) is 4.12. The first-order chi connectivity index (χ1) is 10.9. The molecule has 0 radical (unpaired) electrons. The molecule has 1 heterocycles. The second-order valence-electron chi connectivity index (χ2n) is 7.05. The van der Waals surface area contributed by atoms with Crippen LogP contribution in [0.4, 0.5) is 10.1 Å². The van der Waals surface area contributed by atoms with Crippen molar-refractivity contribution in [3.8, 4) is 0 Å². The summed E-state index contributed by atoms with van der Waals surface area (Å²) in [6, 6.07) is 6.09. The zero-order valence-electron chi connectivity index (χ0n) is 14.4. The topological polar surface area (TPSA) is 44.4 Å². The summed E-state index contributed by atoms with van der Waals surface area (Å²) in [6.07, 6.45) is 0.357. The van der Waals surface area contributed by atoms with Crippen LogP contribution in [0.25, 0.3) is 0 Å². The summed E-state index contributed by atoms with van der Waals surface area (Å²) in [7, 11) is 0. The van der Waals surface area contributed by atoms with E-state index in [1.54, 1.807) is 0 Å². The van der Waals surface area contributed by atoms with Crippen LogP contribution in [0.1, 0.15) is 43.1 Å². The van der Waals surface area contributed by atoms with Crippen LogP contribution in [-0.2, 0) is 5.41 Å². The van der Waals surface area contributed by atoms with E-state index in [1.807, 2.05) is 12.1 Å². The Morgan fingerprint density at radius 2 is 1.96 bits per heavy atom. The molecule has 0 bridgehead atoms. The highest BCUT2D eigenvalue weighted by atomic mass is 19.1. The second kappa shape index (κ2) is 7.77. The van der Waals surface area contributed by atoms with Crippen molar-refractivity contribution < 1.29 is 9.18 Å². The lowest BCUT2D eigenvalue weighted by Gasteiger charge is -2.31. The Labute approximate surface area is 138 Å². The number of carbonyl (C=O) groups is 1. The molecule has 1 amide bonds. The molecule has 2 rings (SSSR count). The van der Waals surface area contributed by atoms with Gasteiger partial charge < -0.3 is 15.5 Å². The molecule has 23 heavy (non-hydrogen) atoms. The second-order valence-corrected chi connectivity index (χ2v) is 7.05. The number of benzene rings is 1. The first-order valence-electron chi connectivity index (χ1n) is 8.37. The highest BCUT2D eigenvalue weighted by molar-refractivity contribution is 5.95. The van der Waals surface area contributed by atoms with E-state index in [0.717, 1.165) is 37.4 Å². The van der Waals surface area contributed by atoms with Crippen LogP contribution in [0.2, 0.25) is 0 Å². The molecule has 0 unspecified atom stereocenters. The van der Waals surface area contributed by atoms with Gasteiger partial charge in [0.2, 0.25) is 0 Å². The van der Waals surface area contributed by atoms with E-state index >= 15 is 0 Å². The van der Waals surface area contributed by atoms with E-state index in [9.17, 15) is 9.18 Å². The monoisotopic (exact) mass is 321 g/mol. The van der Waals surface area contributed by atoms with Crippen LogP contribution in [0, 0.1) is 0 Å². The summed E-state index contributed by atoms with van der Waals surface area (Å²) < 4.78 is 12.2. The average molecular weight is 321 g/mol. The fourth-order valence-corrected chi connectivity index (χ4v) is 2.65. The van der Waals surface area contributed by atoms with Crippen molar-refractivity contribution in [2.24, 2.45) is 0 Å². The van der Waals surface area contributed by atoms with Gasteiger partial charge in [-0.2, -0.15) is 0 Å². The van der Waals surface area contributed by atoms with Gasteiger partial charge in [-0.1, -0.05) is 20.8 Å². The molecule has 1 saturated heterocycles. The summed E-state index contributed by atoms with van der Waals surface area (Å²) in [5, 5.41) is 6.14. The molecular formula is C18H28FN3O. The number of rotatable bonds is 5. The maximum absolute atomic E-state index is 12.4. The van der Waals surface area contributed by atoms with Gasteiger partial charge >= 0.3 is 0 Å². The largest absolute Gasteiger partial charge is 0.369 e. The molecule has 1 aromatic carbocycles. The lowest BCUT2D eigenvalue weighted by atomic mass is 9.85. The Morgan fingerprint density at radius 3 is 2.57 bits per heavy atom. The van der Waals surface area contributed by atoms with Gasteiger partial charge in [0, 0.05) is 44.0 Å². The number of nitrogens with one attached hydrogen (secondary N) is 2. The Bertz CT molecular complexity index is 534. The lowest BCUT2D eigenvalue weighted by Crippen LogP contribution is -2.43. The number of anilines is 1. The minimum atomic E-state index is -0.408. The average Bonchev–Trinajstić information content (AvgIpc) is 2.54. The van der Waals surface area contributed by atoms with E-state index in [2.05, 4.69) is 42.4 Å². The summed E-state index contributed by atoms with van der Waals surface area (Å²) >= 11 is 0. The Kier molecular flexibility index (Phi) is 5.99. The van der Waals surface area contributed by atoms with E-state index in [1.165, 1.54) is 0 Å². The SMILES string of the molecule is CC(C)(C)c1cc(C(=O)NCCCF)cc(N2CCNCC2)c1. The van der Waals surface area contributed by atoms with Crippen molar-refractivity contribution in [3.63, 3.8) is 0 Å². The number of carbonyl (C=O) groups excluding carboxylic acids is 1. The molecule has 0 aromatic heterocycles. The van der Waals surface area contributed by atoms with E-state index in [4.69, 9.17) is 0 Å². The molecule has 5 heteroatoms. The van der Waals surface area contributed by atoms with Gasteiger partial charge in [0.05, 0.1) is 6.67 Å². The van der Waals surface area contributed by atoms with E-state index in [0.29, 0.717) is 18.5 Å². The van der Waals surface area contributed by atoms with E-state index < -0.39 is 6.67 Å². The third-order valence-electron chi connectivity index (χ3n) is 4.12. The van der Waals surface area contributed by atoms with Gasteiger partial charge in [-0.25, -0.2) is 0 Å². The summed E-state index contributed by atoms with van der Waals surface area (Å²) in [6.45, 7) is 10.2. The number of hydrogen-bond acceptors (Lipinski definition) is 3. The summed E-state index contributed by atoms with van der Waals surface area (Å²) in [5.41, 5.74) is 2.86. The van der Waals surface area contributed by atoms with E-state index in [-0.39, 0.29) is 11.3 Å². The molecule has 2 N–H and O–H groups in total. The number of nitrogens with zero attached hydrogens (tertiary/aromatic N) is 1. The minimum Gasteiger partial charge on any atom is -0.369 e. The van der Waals surface area contributed by atoms with Crippen LogP contribution in [0.3, 0.4) is 0 Å². The molecule has 1 aromatic rings. The van der Waals surface area contributed by atoms with Gasteiger partial charge in [-0.3, -0.25) is 9.18 Å². The van der Waals surface area contributed by atoms with Crippen molar-refractivity contribution in [1.29, 1.82) is 0 Å².